The second kappa shape index (κ2) is 9.18. The van der Waals surface area contributed by atoms with Gasteiger partial charge in [0, 0.05) is 54.3 Å². The highest BCUT2D eigenvalue weighted by Gasteiger charge is 2.43. The van der Waals surface area contributed by atoms with Crippen molar-refractivity contribution in [2.75, 3.05) is 40.4 Å². The van der Waals surface area contributed by atoms with Crippen molar-refractivity contribution in [1.82, 2.24) is 9.80 Å². The van der Waals surface area contributed by atoms with Crippen molar-refractivity contribution in [3.05, 3.63) is 58.6 Å². The number of ether oxygens (including phenoxy) is 2. The van der Waals surface area contributed by atoms with Gasteiger partial charge >= 0.3 is 0 Å². The second-order valence-corrected chi connectivity index (χ2v) is 8.51. The van der Waals surface area contributed by atoms with Crippen LogP contribution < -0.4 is 9.47 Å². The molecule has 0 spiro atoms. The van der Waals surface area contributed by atoms with Crippen LogP contribution in [0.3, 0.4) is 0 Å². The lowest BCUT2D eigenvalue weighted by Gasteiger charge is -2.25. The molecule has 2 atom stereocenters. The van der Waals surface area contributed by atoms with Gasteiger partial charge in [0.15, 0.2) is 0 Å². The van der Waals surface area contributed by atoms with Crippen LogP contribution in [-0.4, -0.2) is 62.0 Å². The van der Waals surface area contributed by atoms with Crippen LogP contribution in [-0.2, 0) is 4.79 Å². The summed E-state index contributed by atoms with van der Waals surface area (Å²) < 4.78 is 11.0. The van der Waals surface area contributed by atoms with Gasteiger partial charge in [-0.2, -0.15) is 0 Å². The zero-order valence-corrected chi connectivity index (χ0v) is 18.6. The number of nitrogens with zero attached hydrogens (tertiary/aromatic N) is 2. The molecule has 0 aromatic heterocycles. The molecule has 0 bridgehead atoms. The first-order valence-corrected chi connectivity index (χ1v) is 10.9. The maximum Gasteiger partial charge on any atom is 0.253 e. The first kappa shape index (κ1) is 21.5. The molecule has 2 heterocycles. The standard InChI is InChI=1S/C24H27ClN2O4/c1-30-18-8-9-19(22(13-18)31-2)20-14-27(23(28)16-6-5-7-17(25)12-16)15-21(20)24(29)26-10-3-4-11-26/h5-9,12-13,20-21H,3-4,10-11,14-15H2,1-2H3/t20-,21-/m1/s1. The van der Waals surface area contributed by atoms with E-state index in [0.717, 1.165) is 31.5 Å². The molecule has 4 rings (SSSR count). The third kappa shape index (κ3) is 4.35. The molecule has 0 N–H and O–H groups in total. The van der Waals surface area contributed by atoms with Crippen molar-refractivity contribution in [2.45, 2.75) is 18.8 Å². The molecule has 2 aliphatic heterocycles. The van der Waals surface area contributed by atoms with E-state index in [-0.39, 0.29) is 23.7 Å². The molecule has 0 radical (unpaired) electrons. The Balaban J connectivity index is 1.67. The minimum absolute atomic E-state index is 0.113. The zero-order chi connectivity index (χ0) is 22.0. The summed E-state index contributed by atoms with van der Waals surface area (Å²) in [7, 11) is 3.22. The van der Waals surface area contributed by atoms with Crippen LogP contribution in [0.1, 0.15) is 34.7 Å². The Morgan fingerprint density at radius 3 is 2.42 bits per heavy atom. The molecule has 0 unspecified atom stereocenters. The Hall–Kier alpha value is -2.73. The van der Waals surface area contributed by atoms with Crippen LogP contribution in [0.4, 0.5) is 0 Å². The number of hydrogen-bond acceptors (Lipinski definition) is 4. The largest absolute Gasteiger partial charge is 0.497 e. The number of methoxy groups -OCH3 is 2. The summed E-state index contributed by atoms with van der Waals surface area (Å²) in [4.78, 5) is 30.3. The Labute approximate surface area is 187 Å². The van der Waals surface area contributed by atoms with Crippen LogP contribution in [0, 0.1) is 5.92 Å². The Morgan fingerprint density at radius 1 is 0.968 bits per heavy atom. The monoisotopic (exact) mass is 442 g/mol. The summed E-state index contributed by atoms with van der Waals surface area (Å²) in [6.07, 6.45) is 2.06. The number of benzene rings is 2. The second-order valence-electron chi connectivity index (χ2n) is 8.07. The first-order chi connectivity index (χ1) is 15.0. The van der Waals surface area contributed by atoms with E-state index in [4.69, 9.17) is 21.1 Å². The normalized spacial score (nSPS) is 20.7. The summed E-state index contributed by atoms with van der Waals surface area (Å²) in [5.41, 5.74) is 1.45. The van der Waals surface area contributed by atoms with Gasteiger partial charge in [0.05, 0.1) is 20.1 Å². The van der Waals surface area contributed by atoms with Gasteiger partial charge in [-0.1, -0.05) is 23.7 Å². The third-order valence-electron chi connectivity index (χ3n) is 6.25. The van der Waals surface area contributed by atoms with E-state index in [0.29, 0.717) is 35.2 Å². The lowest BCUT2D eigenvalue weighted by Crippen LogP contribution is -2.37. The van der Waals surface area contributed by atoms with Gasteiger partial charge in [0.2, 0.25) is 5.91 Å². The van der Waals surface area contributed by atoms with E-state index in [1.807, 2.05) is 23.1 Å². The SMILES string of the molecule is COc1ccc([C@H]2CN(C(=O)c3cccc(Cl)c3)C[C@H]2C(=O)N2CCCC2)c(OC)c1. The molecule has 7 heteroatoms. The topological polar surface area (TPSA) is 59.1 Å². The van der Waals surface area contributed by atoms with E-state index < -0.39 is 0 Å². The number of halogens is 1. The Kier molecular flexibility index (Phi) is 6.37. The summed E-state index contributed by atoms with van der Waals surface area (Å²) in [6, 6.07) is 12.6. The van der Waals surface area contributed by atoms with E-state index in [1.165, 1.54) is 0 Å². The molecule has 6 nitrogen and oxygen atoms in total. The Morgan fingerprint density at radius 2 is 1.74 bits per heavy atom. The number of carbonyl (C=O) groups excluding carboxylic acids is 2. The molecular weight excluding hydrogens is 416 g/mol. The number of likely N-dealkylation sites (tertiary alicyclic amines) is 2. The predicted octanol–water partition coefficient (Wildman–Crippen LogP) is 3.84. The summed E-state index contributed by atoms with van der Waals surface area (Å²) in [6.45, 7) is 2.38. The fourth-order valence-electron chi connectivity index (χ4n) is 4.64. The van der Waals surface area contributed by atoms with Gasteiger partial charge < -0.3 is 19.3 Å². The fraction of sp³-hybridized carbons (Fsp3) is 0.417. The van der Waals surface area contributed by atoms with E-state index in [1.54, 1.807) is 43.4 Å². The maximum atomic E-state index is 13.4. The molecule has 2 aromatic carbocycles. The minimum Gasteiger partial charge on any atom is -0.497 e. The van der Waals surface area contributed by atoms with Gasteiger partial charge in [-0.25, -0.2) is 0 Å². The molecule has 2 aromatic rings. The van der Waals surface area contributed by atoms with Gasteiger partial charge in [-0.15, -0.1) is 0 Å². The number of carbonyl (C=O) groups is 2. The van der Waals surface area contributed by atoms with E-state index in [2.05, 4.69) is 0 Å². The van der Waals surface area contributed by atoms with Gasteiger partial charge in [0.25, 0.3) is 5.91 Å². The Bertz CT molecular complexity index is 974. The van der Waals surface area contributed by atoms with Crippen molar-refractivity contribution in [2.24, 2.45) is 5.92 Å². The third-order valence-corrected chi connectivity index (χ3v) is 6.49. The minimum atomic E-state index is -0.316. The van der Waals surface area contributed by atoms with Crippen LogP contribution in [0.15, 0.2) is 42.5 Å². The molecule has 31 heavy (non-hydrogen) atoms. The zero-order valence-electron chi connectivity index (χ0n) is 17.8. The van der Waals surface area contributed by atoms with E-state index >= 15 is 0 Å². The van der Waals surface area contributed by atoms with Gasteiger partial charge in [0.1, 0.15) is 11.5 Å². The molecular formula is C24H27ClN2O4. The van der Waals surface area contributed by atoms with Crippen molar-refractivity contribution in [1.29, 1.82) is 0 Å². The molecule has 2 saturated heterocycles. The number of hydrogen-bond donors (Lipinski definition) is 0. The maximum absolute atomic E-state index is 13.4. The molecule has 2 amide bonds. The molecule has 0 aliphatic carbocycles. The summed E-state index contributed by atoms with van der Waals surface area (Å²) in [5, 5.41) is 0.517. The van der Waals surface area contributed by atoms with Crippen molar-refractivity contribution < 1.29 is 19.1 Å². The molecule has 2 aliphatic rings. The van der Waals surface area contributed by atoms with Crippen LogP contribution in [0.2, 0.25) is 5.02 Å². The lowest BCUT2D eigenvalue weighted by atomic mass is 9.87. The van der Waals surface area contributed by atoms with Crippen LogP contribution in [0.25, 0.3) is 0 Å². The molecule has 2 fully saturated rings. The fourth-order valence-corrected chi connectivity index (χ4v) is 4.83. The van der Waals surface area contributed by atoms with Crippen LogP contribution >= 0.6 is 11.6 Å². The average Bonchev–Trinajstić information content (AvgIpc) is 3.48. The van der Waals surface area contributed by atoms with E-state index in [9.17, 15) is 9.59 Å². The van der Waals surface area contributed by atoms with Gasteiger partial charge in [-0.05, 0) is 37.1 Å². The van der Waals surface area contributed by atoms with Gasteiger partial charge in [-0.3, -0.25) is 9.59 Å². The lowest BCUT2D eigenvalue weighted by molar-refractivity contribution is -0.134. The number of amides is 2. The number of rotatable bonds is 5. The predicted molar refractivity (Wildman–Crippen MR) is 119 cm³/mol. The highest BCUT2D eigenvalue weighted by molar-refractivity contribution is 6.30. The first-order valence-electron chi connectivity index (χ1n) is 10.6. The summed E-state index contributed by atoms with van der Waals surface area (Å²) >= 11 is 6.09. The van der Waals surface area contributed by atoms with Crippen LogP contribution in [0.5, 0.6) is 11.5 Å². The van der Waals surface area contributed by atoms with Crippen molar-refractivity contribution in [3.8, 4) is 11.5 Å². The molecule has 0 saturated carbocycles. The average molecular weight is 443 g/mol. The van der Waals surface area contributed by atoms with Crippen molar-refractivity contribution >= 4 is 23.4 Å². The summed E-state index contributed by atoms with van der Waals surface area (Å²) in [5.74, 6) is 0.882. The highest BCUT2D eigenvalue weighted by Crippen LogP contribution is 2.40. The molecule has 164 valence electrons. The smallest absolute Gasteiger partial charge is 0.253 e. The highest BCUT2D eigenvalue weighted by atomic mass is 35.5. The van der Waals surface area contributed by atoms with Crippen molar-refractivity contribution in [3.63, 3.8) is 0 Å². The quantitative estimate of drug-likeness (QED) is 0.706.